The second-order valence-corrected chi connectivity index (χ2v) is 7.61. The Hall–Kier alpha value is -3.68. The third-order valence-electron chi connectivity index (χ3n) is 5.47. The van der Waals surface area contributed by atoms with E-state index in [0.717, 1.165) is 11.3 Å². The Morgan fingerprint density at radius 2 is 2.06 bits per heavy atom. The van der Waals surface area contributed by atoms with Gasteiger partial charge in [0, 0.05) is 19.5 Å². The van der Waals surface area contributed by atoms with E-state index in [4.69, 9.17) is 4.74 Å². The van der Waals surface area contributed by atoms with Crippen molar-refractivity contribution in [3.63, 3.8) is 0 Å². The Bertz CT molecular complexity index is 1170. The molecule has 1 aliphatic rings. The predicted molar refractivity (Wildman–Crippen MR) is 115 cm³/mol. The van der Waals surface area contributed by atoms with Gasteiger partial charge in [-0.1, -0.05) is 24.3 Å². The van der Waals surface area contributed by atoms with Gasteiger partial charge in [-0.05, 0) is 36.2 Å². The minimum atomic E-state index is -0.310. The molecule has 4 rings (SSSR count). The van der Waals surface area contributed by atoms with Gasteiger partial charge in [0.1, 0.15) is 11.6 Å². The molecule has 0 bridgehead atoms. The number of H-pyrrole nitrogens is 1. The fourth-order valence-corrected chi connectivity index (χ4v) is 3.81. The molecule has 2 N–H and O–H groups in total. The summed E-state index contributed by atoms with van der Waals surface area (Å²) in [6.45, 7) is 0.905. The molecule has 0 spiro atoms. The number of benzene rings is 2. The van der Waals surface area contributed by atoms with Gasteiger partial charge in [0.25, 0.3) is 5.56 Å². The van der Waals surface area contributed by atoms with Crippen molar-refractivity contribution in [1.82, 2.24) is 20.2 Å². The van der Waals surface area contributed by atoms with Gasteiger partial charge in [0.15, 0.2) is 0 Å². The van der Waals surface area contributed by atoms with Crippen molar-refractivity contribution in [2.45, 2.75) is 25.9 Å². The number of likely N-dealkylation sites (tertiary alicyclic amines) is 1. The van der Waals surface area contributed by atoms with Crippen LogP contribution < -0.4 is 15.6 Å². The lowest BCUT2D eigenvalue weighted by atomic mass is 9.96. The van der Waals surface area contributed by atoms with E-state index in [0.29, 0.717) is 42.7 Å². The number of ether oxygens (including phenoxy) is 1. The third-order valence-corrected chi connectivity index (χ3v) is 5.47. The molecule has 160 valence electrons. The summed E-state index contributed by atoms with van der Waals surface area (Å²) < 4.78 is 5.24. The van der Waals surface area contributed by atoms with Crippen LogP contribution in [0.5, 0.6) is 5.75 Å². The van der Waals surface area contributed by atoms with Crippen LogP contribution in [-0.2, 0) is 22.7 Å². The molecule has 31 heavy (non-hydrogen) atoms. The van der Waals surface area contributed by atoms with Gasteiger partial charge in [0.05, 0.1) is 30.5 Å². The van der Waals surface area contributed by atoms with Gasteiger partial charge in [-0.25, -0.2) is 4.98 Å². The summed E-state index contributed by atoms with van der Waals surface area (Å²) in [6.07, 6.45) is 0.827. The van der Waals surface area contributed by atoms with Crippen molar-refractivity contribution in [3.05, 3.63) is 70.3 Å². The zero-order valence-corrected chi connectivity index (χ0v) is 17.3. The van der Waals surface area contributed by atoms with Crippen LogP contribution in [-0.4, -0.2) is 40.3 Å². The number of nitrogens with zero attached hydrogens (tertiary/aromatic N) is 2. The highest BCUT2D eigenvalue weighted by molar-refractivity contribution is 5.84. The molecule has 2 aromatic carbocycles. The molecule has 0 saturated carbocycles. The summed E-state index contributed by atoms with van der Waals surface area (Å²) in [6, 6.07) is 14.6. The molecule has 0 aliphatic carbocycles. The average Bonchev–Trinajstić information content (AvgIpc) is 2.79. The zero-order valence-electron chi connectivity index (χ0n) is 17.3. The Kier molecular flexibility index (Phi) is 5.97. The molecule has 8 heteroatoms. The van der Waals surface area contributed by atoms with Crippen molar-refractivity contribution in [2.24, 2.45) is 5.92 Å². The second kappa shape index (κ2) is 8.99. The average molecular weight is 420 g/mol. The Balaban J connectivity index is 1.39. The van der Waals surface area contributed by atoms with Gasteiger partial charge in [-0.2, -0.15) is 0 Å². The molecule has 2 amide bonds. The summed E-state index contributed by atoms with van der Waals surface area (Å²) in [7, 11) is 1.60. The van der Waals surface area contributed by atoms with Crippen LogP contribution in [0.2, 0.25) is 0 Å². The number of hydrogen-bond donors (Lipinski definition) is 2. The first-order valence-electron chi connectivity index (χ1n) is 10.2. The molecular formula is C23H24N4O4. The number of para-hydroxylation sites is 1. The molecule has 1 aromatic heterocycles. The number of carbonyl (C=O) groups is 2. The number of carbonyl (C=O) groups excluding carboxylic acids is 2. The summed E-state index contributed by atoms with van der Waals surface area (Å²) in [5, 5.41) is 3.36. The maximum Gasteiger partial charge on any atom is 0.258 e. The van der Waals surface area contributed by atoms with E-state index in [2.05, 4.69) is 15.3 Å². The van der Waals surface area contributed by atoms with Gasteiger partial charge >= 0.3 is 0 Å². The number of rotatable bonds is 6. The van der Waals surface area contributed by atoms with Crippen molar-refractivity contribution in [1.29, 1.82) is 0 Å². The van der Waals surface area contributed by atoms with E-state index in [1.807, 2.05) is 30.3 Å². The minimum absolute atomic E-state index is 0.0346. The fraction of sp³-hybridized carbons (Fsp3) is 0.304. The molecule has 2 heterocycles. The van der Waals surface area contributed by atoms with Gasteiger partial charge < -0.3 is 19.9 Å². The van der Waals surface area contributed by atoms with Crippen molar-refractivity contribution in [3.8, 4) is 5.75 Å². The first-order valence-corrected chi connectivity index (χ1v) is 10.2. The van der Waals surface area contributed by atoms with E-state index in [9.17, 15) is 14.4 Å². The predicted octanol–water partition coefficient (Wildman–Crippen LogP) is 1.99. The smallest absolute Gasteiger partial charge is 0.258 e. The summed E-state index contributed by atoms with van der Waals surface area (Å²) in [5.74, 6) is 0.701. The minimum Gasteiger partial charge on any atom is -0.497 e. The molecular weight excluding hydrogens is 396 g/mol. The quantitative estimate of drug-likeness (QED) is 0.635. The molecule has 3 aromatic rings. The largest absolute Gasteiger partial charge is 0.497 e. The fourth-order valence-electron chi connectivity index (χ4n) is 3.81. The number of fused-ring (bicyclic) bond motifs is 1. The first-order chi connectivity index (χ1) is 15.0. The van der Waals surface area contributed by atoms with Crippen LogP contribution in [0.1, 0.15) is 24.2 Å². The first kappa shape index (κ1) is 20.6. The molecule has 0 radical (unpaired) electrons. The maximum absolute atomic E-state index is 12.7. The number of aromatic nitrogens is 2. The van der Waals surface area contributed by atoms with Crippen LogP contribution >= 0.6 is 0 Å². The monoisotopic (exact) mass is 420 g/mol. The topological polar surface area (TPSA) is 104 Å². The number of amides is 2. The Morgan fingerprint density at radius 1 is 1.23 bits per heavy atom. The number of nitrogens with one attached hydrogen (secondary N) is 2. The summed E-state index contributed by atoms with van der Waals surface area (Å²) >= 11 is 0. The molecule has 1 saturated heterocycles. The Labute approximate surface area is 179 Å². The third kappa shape index (κ3) is 4.74. The molecule has 1 fully saturated rings. The molecule has 0 unspecified atom stereocenters. The van der Waals surface area contributed by atoms with Crippen molar-refractivity contribution >= 4 is 22.7 Å². The highest BCUT2D eigenvalue weighted by Gasteiger charge is 2.30. The van der Waals surface area contributed by atoms with Crippen molar-refractivity contribution < 1.29 is 14.3 Å². The van der Waals surface area contributed by atoms with E-state index >= 15 is 0 Å². The van der Waals surface area contributed by atoms with E-state index in [1.54, 1.807) is 30.2 Å². The lowest BCUT2D eigenvalue weighted by Gasteiger charge is -2.32. The maximum atomic E-state index is 12.7. The number of hydrogen-bond acceptors (Lipinski definition) is 5. The van der Waals surface area contributed by atoms with Crippen LogP contribution in [0, 0.1) is 5.92 Å². The highest BCUT2D eigenvalue weighted by atomic mass is 16.5. The van der Waals surface area contributed by atoms with Gasteiger partial charge in [-0.15, -0.1) is 0 Å². The Morgan fingerprint density at radius 3 is 2.90 bits per heavy atom. The van der Waals surface area contributed by atoms with Crippen LogP contribution in [0.4, 0.5) is 0 Å². The lowest BCUT2D eigenvalue weighted by Crippen LogP contribution is -2.45. The van der Waals surface area contributed by atoms with E-state index in [1.165, 1.54) is 0 Å². The van der Waals surface area contributed by atoms with Crippen LogP contribution in [0.3, 0.4) is 0 Å². The van der Waals surface area contributed by atoms with Gasteiger partial charge in [-0.3, -0.25) is 14.4 Å². The lowest BCUT2D eigenvalue weighted by molar-refractivity contribution is -0.139. The summed E-state index contributed by atoms with van der Waals surface area (Å²) in [4.78, 5) is 46.1. The molecule has 1 aliphatic heterocycles. The molecule has 8 nitrogen and oxygen atoms in total. The van der Waals surface area contributed by atoms with Crippen LogP contribution in [0.25, 0.3) is 10.9 Å². The second-order valence-electron chi connectivity index (χ2n) is 7.61. The SMILES string of the molecule is COc1cccc(CN2C[C@H](C(=O)NCc3nc4ccccc4c(=O)[nH]3)CCC2=O)c1. The standard InChI is InChI=1S/C23H24N4O4/c1-31-17-6-4-5-15(11-17)13-27-14-16(9-10-21(27)28)22(29)24-12-20-25-19-8-3-2-7-18(19)23(30)26-20/h2-8,11,16H,9-10,12-14H2,1H3,(H,24,29)(H,25,26,30)/t16-/m1/s1. The number of methoxy groups -OCH3 is 1. The number of aromatic amines is 1. The van der Waals surface area contributed by atoms with Crippen molar-refractivity contribution in [2.75, 3.05) is 13.7 Å². The summed E-state index contributed by atoms with van der Waals surface area (Å²) in [5.41, 5.74) is 1.30. The van der Waals surface area contributed by atoms with Crippen LogP contribution in [0.15, 0.2) is 53.3 Å². The van der Waals surface area contributed by atoms with E-state index in [-0.39, 0.29) is 29.8 Å². The van der Waals surface area contributed by atoms with E-state index < -0.39 is 0 Å². The molecule has 1 atom stereocenters. The highest BCUT2D eigenvalue weighted by Crippen LogP contribution is 2.21. The van der Waals surface area contributed by atoms with Gasteiger partial charge in [0.2, 0.25) is 11.8 Å². The zero-order chi connectivity index (χ0) is 21.8. The normalized spacial score (nSPS) is 16.4. The number of piperidine rings is 1.